The van der Waals surface area contributed by atoms with Crippen molar-refractivity contribution in [1.29, 1.82) is 0 Å². The van der Waals surface area contributed by atoms with Crippen molar-refractivity contribution in [2.45, 2.75) is 20.4 Å². The van der Waals surface area contributed by atoms with Crippen LogP contribution in [0.1, 0.15) is 23.0 Å². The van der Waals surface area contributed by atoms with Crippen molar-refractivity contribution in [2.24, 2.45) is 7.05 Å². The van der Waals surface area contributed by atoms with Gasteiger partial charge in [-0.3, -0.25) is 19.1 Å². The number of nitrogens with zero attached hydrogens (tertiary/aromatic N) is 3. The fraction of sp³-hybridized carbons (Fsp3) is 0.250. The van der Waals surface area contributed by atoms with Gasteiger partial charge in [0.25, 0.3) is 5.91 Å². The molecule has 0 saturated carbocycles. The lowest BCUT2D eigenvalue weighted by atomic mass is 10.1. The first-order valence-electron chi connectivity index (χ1n) is 7.49. The Labute approximate surface area is 136 Å². The van der Waals surface area contributed by atoms with E-state index in [9.17, 15) is 14.4 Å². The fourth-order valence-corrected chi connectivity index (χ4v) is 2.65. The van der Waals surface area contributed by atoms with E-state index in [0.717, 1.165) is 5.69 Å². The number of hydrogen-bond acceptors (Lipinski definition) is 4. The number of fused-ring (bicyclic) bond motifs is 1. The number of aromatic nitrogens is 4. The Bertz CT molecular complexity index is 1060. The van der Waals surface area contributed by atoms with Gasteiger partial charge in [0.2, 0.25) is 0 Å². The molecule has 0 atom stereocenters. The van der Waals surface area contributed by atoms with Crippen LogP contribution in [0.2, 0.25) is 0 Å². The van der Waals surface area contributed by atoms with Crippen LogP contribution in [0.5, 0.6) is 0 Å². The van der Waals surface area contributed by atoms with Gasteiger partial charge in [-0.15, -0.1) is 0 Å². The van der Waals surface area contributed by atoms with Crippen LogP contribution in [0.3, 0.4) is 0 Å². The van der Waals surface area contributed by atoms with Crippen LogP contribution in [0, 0.1) is 6.92 Å². The molecule has 3 rings (SSSR count). The van der Waals surface area contributed by atoms with Gasteiger partial charge in [-0.25, -0.2) is 0 Å². The molecule has 0 spiro atoms. The second-order valence-corrected chi connectivity index (χ2v) is 5.48. The van der Waals surface area contributed by atoms with Gasteiger partial charge in [-0.05, 0) is 32.0 Å². The van der Waals surface area contributed by atoms with Crippen LogP contribution in [-0.4, -0.2) is 25.2 Å². The molecule has 0 fully saturated rings. The van der Waals surface area contributed by atoms with Crippen LogP contribution in [0.4, 0.5) is 5.82 Å². The summed E-state index contributed by atoms with van der Waals surface area (Å²) >= 11 is 0. The second-order valence-electron chi connectivity index (χ2n) is 5.48. The van der Waals surface area contributed by atoms with Crippen LogP contribution < -0.4 is 16.4 Å². The van der Waals surface area contributed by atoms with Crippen molar-refractivity contribution >= 4 is 22.8 Å². The predicted octanol–water partition coefficient (Wildman–Crippen LogP) is 1.00. The highest BCUT2D eigenvalue weighted by Crippen LogP contribution is 2.14. The molecular formula is C16H17N5O3. The van der Waals surface area contributed by atoms with E-state index in [1.54, 1.807) is 42.9 Å². The molecule has 2 N–H and O–H groups in total. The fourth-order valence-electron chi connectivity index (χ4n) is 2.65. The average molecular weight is 327 g/mol. The number of aromatic amines is 1. The van der Waals surface area contributed by atoms with Gasteiger partial charge in [0.15, 0.2) is 0 Å². The maximum atomic E-state index is 12.4. The molecule has 8 nitrogen and oxygen atoms in total. The molecule has 0 aliphatic heterocycles. The van der Waals surface area contributed by atoms with E-state index in [0.29, 0.717) is 29.0 Å². The van der Waals surface area contributed by atoms with E-state index in [2.05, 4.69) is 15.4 Å². The molecule has 0 bridgehead atoms. The van der Waals surface area contributed by atoms with Crippen molar-refractivity contribution in [3.8, 4) is 0 Å². The normalized spacial score (nSPS) is 11.0. The first kappa shape index (κ1) is 15.7. The molecule has 0 saturated heterocycles. The summed E-state index contributed by atoms with van der Waals surface area (Å²) in [5.41, 5.74) is 0.878. The number of carbonyl (C=O) groups is 1. The standard InChI is InChI=1S/C16H17N5O3/c1-4-21-12-6-5-10(8-11(12)17-15(23)16(21)24)14(22)18-13-7-9(2)19-20(13)3/h5-8H,4H2,1-3H3,(H,17,23)(H,18,22). The SMILES string of the molecule is CCn1c(=O)c(=O)[nH]c2cc(C(=O)Nc3cc(C)nn3C)ccc21. The smallest absolute Gasteiger partial charge is 0.316 e. The zero-order valence-electron chi connectivity index (χ0n) is 13.6. The summed E-state index contributed by atoms with van der Waals surface area (Å²) in [7, 11) is 1.74. The van der Waals surface area contributed by atoms with E-state index in [1.807, 2.05) is 6.92 Å². The highest BCUT2D eigenvalue weighted by atomic mass is 16.2. The number of hydrogen-bond donors (Lipinski definition) is 2. The number of amides is 1. The first-order valence-corrected chi connectivity index (χ1v) is 7.49. The van der Waals surface area contributed by atoms with Gasteiger partial charge in [-0.1, -0.05) is 0 Å². The van der Waals surface area contributed by atoms with Gasteiger partial charge >= 0.3 is 11.1 Å². The Kier molecular flexibility index (Phi) is 3.80. The summed E-state index contributed by atoms with van der Waals surface area (Å²) in [6.45, 7) is 3.99. The monoisotopic (exact) mass is 327 g/mol. The Balaban J connectivity index is 2.03. The zero-order chi connectivity index (χ0) is 17.4. The molecular weight excluding hydrogens is 310 g/mol. The van der Waals surface area contributed by atoms with Crippen LogP contribution in [0.15, 0.2) is 33.9 Å². The molecule has 24 heavy (non-hydrogen) atoms. The lowest BCUT2D eigenvalue weighted by Gasteiger charge is -2.09. The predicted molar refractivity (Wildman–Crippen MR) is 90.4 cm³/mol. The maximum absolute atomic E-state index is 12.4. The summed E-state index contributed by atoms with van der Waals surface area (Å²) in [6, 6.07) is 6.58. The molecule has 124 valence electrons. The van der Waals surface area contributed by atoms with Crippen LogP contribution >= 0.6 is 0 Å². The summed E-state index contributed by atoms with van der Waals surface area (Å²) in [5.74, 6) is 0.250. The Morgan fingerprint density at radius 2 is 2.04 bits per heavy atom. The van der Waals surface area contributed by atoms with Gasteiger partial charge in [-0.2, -0.15) is 5.10 Å². The van der Waals surface area contributed by atoms with Crippen LogP contribution in [-0.2, 0) is 13.6 Å². The second kappa shape index (κ2) is 5.80. The van der Waals surface area contributed by atoms with Crippen molar-refractivity contribution < 1.29 is 4.79 Å². The summed E-state index contributed by atoms with van der Waals surface area (Å²) in [4.78, 5) is 38.5. The Hall–Kier alpha value is -3.16. The topological polar surface area (TPSA) is 102 Å². The molecule has 1 amide bonds. The highest BCUT2D eigenvalue weighted by molar-refractivity contribution is 6.05. The highest BCUT2D eigenvalue weighted by Gasteiger charge is 2.12. The number of nitrogens with one attached hydrogen (secondary N) is 2. The molecule has 0 unspecified atom stereocenters. The molecule has 0 aliphatic rings. The molecule has 8 heteroatoms. The minimum absolute atomic E-state index is 0.324. The van der Waals surface area contributed by atoms with Crippen LogP contribution in [0.25, 0.3) is 11.0 Å². The summed E-state index contributed by atoms with van der Waals surface area (Å²) in [5, 5.41) is 6.94. The molecule has 2 aromatic heterocycles. The average Bonchev–Trinajstić information content (AvgIpc) is 2.85. The Morgan fingerprint density at radius 1 is 1.29 bits per heavy atom. The molecule has 0 aliphatic carbocycles. The summed E-state index contributed by atoms with van der Waals surface area (Å²) < 4.78 is 2.95. The van der Waals surface area contributed by atoms with Crippen molar-refractivity contribution in [2.75, 3.05) is 5.32 Å². The third kappa shape index (κ3) is 2.62. The number of H-pyrrole nitrogens is 1. The van der Waals surface area contributed by atoms with Gasteiger partial charge < -0.3 is 14.9 Å². The largest absolute Gasteiger partial charge is 0.316 e. The molecule has 1 aromatic carbocycles. The van der Waals surface area contributed by atoms with Crippen molar-refractivity contribution in [3.63, 3.8) is 0 Å². The third-order valence-corrected chi connectivity index (χ3v) is 3.80. The van der Waals surface area contributed by atoms with E-state index in [-0.39, 0.29) is 5.91 Å². The van der Waals surface area contributed by atoms with E-state index < -0.39 is 11.1 Å². The summed E-state index contributed by atoms with van der Waals surface area (Å²) in [6.07, 6.45) is 0. The van der Waals surface area contributed by atoms with Crippen molar-refractivity contribution in [1.82, 2.24) is 19.3 Å². The number of carbonyl (C=O) groups excluding carboxylic acids is 1. The minimum atomic E-state index is -0.704. The van der Waals surface area contributed by atoms with Gasteiger partial charge in [0, 0.05) is 25.2 Å². The number of anilines is 1. The van der Waals surface area contributed by atoms with E-state index in [1.165, 1.54) is 4.57 Å². The number of benzene rings is 1. The van der Waals surface area contributed by atoms with E-state index in [4.69, 9.17) is 0 Å². The third-order valence-electron chi connectivity index (χ3n) is 3.80. The van der Waals surface area contributed by atoms with Gasteiger partial charge in [0.05, 0.1) is 16.7 Å². The molecule has 0 radical (unpaired) electrons. The maximum Gasteiger partial charge on any atom is 0.316 e. The molecule has 3 aromatic rings. The van der Waals surface area contributed by atoms with Gasteiger partial charge in [0.1, 0.15) is 5.82 Å². The zero-order valence-corrected chi connectivity index (χ0v) is 13.6. The molecule has 2 heterocycles. The number of rotatable bonds is 3. The lowest BCUT2D eigenvalue weighted by molar-refractivity contribution is 0.102. The number of aryl methyl sites for hydroxylation is 3. The Morgan fingerprint density at radius 3 is 2.67 bits per heavy atom. The lowest BCUT2D eigenvalue weighted by Crippen LogP contribution is -2.36. The van der Waals surface area contributed by atoms with Crippen molar-refractivity contribution in [3.05, 3.63) is 56.2 Å². The van der Waals surface area contributed by atoms with E-state index >= 15 is 0 Å². The first-order chi connectivity index (χ1) is 11.4. The quantitative estimate of drug-likeness (QED) is 0.701. The minimum Gasteiger partial charge on any atom is -0.316 e.